The molecule has 7 nitrogen and oxygen atoms in total. The molecule has 0 aromatic heterocycles. The van der Waals surface area contributed by atoms with Gasteiger partial charge < -0.3 is 19.5 Å². The number of carbonyl (C=O) groups excluding carboxylic acids is 1. The number of rotatable bonds is 4. The van der Waals surface area contributed by atoms with E-state index in [4.69, 9.17) is 24.0 Å². The number of carbonyl (C=O) groups is 1. The maximum atomic E-state index is 11.8. The molecule has 0 aromatic carbocycles. The van der Waals surface area contributed by atoms with Crippen molar-refractivity contribution in [1.29, 1.82) is 0 Å². The molecular weight excluding hydrogens is 338 g/mol. The highest BCUT2D eigenvalue weighted by Gasteiger charge is 2.69. The van der Waals surface area contributed by atoms with E-state index in [9.17, 15) is 4.79 Å². The molecule has 148 valence electrons. The highest BCUT2D eigenvalue weighted by molar-refractivity contribution is 5.77. The number of ether oxygens (including phenoxy) is 3. The van der Waals surface area contributed by atoms with Crippen molar-refractivity contribution >= 4 is 5.91 Å². The fourth-order valence-electron chi connectivity index (χ4n) is 5.61. The van der Waals surface area contributed by atoms with Crippen molar-refractivity contribution in [3.63, 3.8) is 0 Å². The summed E-state index contributed by atoms with van der Waals surface area (Å²) in [6.45, 7) is 6.93. The van der Waals surface area contributed by atoms with Gasteiger partial charge in [-0.3, -0.25) is 4.79 Å². The minimum Gasteiger partial charge on any atom is -0.375 e. The van der Waals surface area contributed by atoms with Crippen molar-refractivity contribution in [2.45, 2.75) is 70.2 Å². The molecule has 4 saturated heterocycles. The minimum absolute atomic E-state index is 0.0585. The van der Waals surface area contributed by atoms with Crippen molar-refractivity contribution in [1.82, 2.24) is 5.32 Å². The summed E-state index contributed by atoms with van der Waals surface area (Å²) in [5.74, 6) is 0.543. The zero-order chi connectivity index (χ0) is 18.5. The van der Waals surface area contributed by atoms with Gasteiger partial charge in [-0.1, -0.05) is 13.8 Å². The maximum absolute atomic E-state index is 11.8. The molecule has 8 atom stereocenters. The molecule has 4 heterocycles. The predicted molar refractivity (Wildman–Crippen MR) is 91.7 cm³/mol. The number of hydrogen-bond donors (Lipinski definition) is 1. The number of amides is 1. The molecule has 5 fully saturated rings. The molecule has 26 heavy (non-hydrogen) atoms. The van der Waals surface area contributed by atoms with Crippen LogP contribution in [0.15, 0.2) is 0 Å². The average Bonchev–Trinajstić information content (AvgIpc) is 2.83. The predicted octanol–water partition coefficient (Wildman–Crippen LogP) is 2.00. The van der Waals surface area contributed by atoms with E-state index >= 15 is 0 Å². The molecule has 1 N–H and O–H groups in total. The highest BCUT2D eigenvalue weighted by atomic mass is 17.3. The normalized spacial score (nSPS) is 50.0. The maximum Gasteiger partial charge on any atom is 0.246 e. The van der Waals surface area contributed by atoms with E-state index in [1.165, 1.54) is 13.5 Å². The molecule has 0 unspecified atom stereocenters. The van der Waals surface area contributed by atoms with E-state index in [1.54, 1.807) is 0 Å². The first-order valence-corrected chi connectivity index (χ1v) is 9.85. The summed E-state index contributed by atoms with van der Waals surface area (Å²) in [6.07, 6.45) is 3.50. The largest absolute Gasteiger partial charge is 0.375 e. The Hall–Kier alpha value is -0.730. The van der Waals surface area contributed by atoms with E-state index in [2.05, 4.69) is 19.2 Å². The topological polar surface area (TPSA) is 75.3 Å². The van der Waals surface area contributed by atoms with Gasteiger partial charge in [0.2, 0.25) is 11.7 Å². The van der Waals surface area contributed by atoms with Crippen molar-refractivity contribution in [3.05, 3.63) is 0 Å². The van der Waals surface area contributed by atoms with E-state index < -0.39 is 17.7 Å². The lowest BCUT2D eigenvalue weighted by Crippen LogP contribution is -2.71. The monoisotopic (exact) mass is 369 g/mol. The van der Waals surface area contributed by atoms with Gasteiger partial charge in [-0.2, -0.15) is 0 Å². The summed E-state index contributed by atoms with van der Waals surface area (Å²) < 4.78 is 17.6. The summed E-state index contributed by atoms with van der Waals surface area (Å²) in [5, 5.41) is 2.91. The van der Waals surface area contributed by atoms with Crippen LogP contribution in [0.4, 0.5) is 0 Å². The molecule has 0 radical (unpaired) electrons. The summed E-state index contributed by atoms with van der Waals surface area (Å²) in [4.78, 5) is 23.7. The van der Waals surface area contributed by atoms with Crippen molar-refractivity contribution in [2.24, 2.45) is 23.7 Å². The van der Waals surface area contributed by atoms with E-state index in [0.29, 0.717) is 18.4 Å². The van der Waals surface area contributed by atoms with Crippen molar-refractivity contribution < 1.29 is 28.8 Å². The average molecular weight is 369 g/mol. The Morgan fingerprint density at radius 2 is 2.00 bits per heavy atom. The summed E-state index contributed by atoms with van der Waals surface area (Å²) >= 11 is 0. The summed E-state index contributed by atoms with van der Waals surface area (Å²) in [6, 6.07) is 0. The van der Waals surface area contributed by atoms with Gasteiger partial charge in [0.25, 0.3) is 0 Å². The third kappa shape index (κ3) is 2.79. The smallest absolute Gasteiger partial charge is 0.246 e. The zero-order valence-corrected chi connectivity index (χ0v) is 16.2. The minimum atomic E-state index is -0.762. The lowest BCUT2D eigenvalue weighted by molar-refractivity contribution is -0.570. The molecule has 4 aliphatic heterocycles. The van der Waals surface area contributed by atoms with Crippen LogP contribution >= 0.6 is 0 Å². The first-order valence-electron chi connectivity index (χ1n) is 9.85. The van der Waals surface area contributed by atoms with Crippen LogP contribution in [0.5, 0.6) is 0 Å². The molecule has 5 aliphatic rings. The number of nitrogens with one attached hydrogen (secondary N) is 1. The fraction of sp³-hybridized carbons (Fsp3) is 0.947. The molecule has 1 amide bonds. The quantitative estimate of drug-likeness (QED) is 0.764. The third-order valence-electron chi connectivity index (χ3n) is 7.07. The van der Waals surface area contributed by atoms with Crippen LogP contribution in [0.25, 0.3) is 0 Å². The number of methoxy groups -OCH3 is 1. The second-order valence-electron chi connectivity index (χ2n) is 8.68. The van der Waals surface area contributed by atoms with Gasteiger partial charge in [0.05, 0.1) is 6.10 Å². The Morgan fingerprint density at radius 3 is 2.77 bits per heavy atom. The van der Waals surface area contributed by atoms with Crippen LogP contribution in [0.1, 0.15) is 46.5 Å². The molecule has 1 aliphatic carbocycles. The van der Waals surface area contributed by atoms with Gasteiger partial charge in [0.15, 0.2) is 11.9 Å². The Balaban J connectivity index is 1.59. The van der Waals surface area contributed by atoms with Gasteiger partial charge in [0, 0.05) is 26.0 Å². The van der Waals surface area contributed by atoms with Crippen molar-refractivity contribution in [2.75, 3.05) is 20.3 Å². The molecule has 1 saturated carbocycles. The van der Waals surface area contributed by atoms with Gasteiger partial charge in [0.1, 0.15) is 6.61 Å². The molecule has 2 bridgehead atoms. The van der Waals surface area contributed by atoms with Crippen LogP contribution in [0.2, 0.25) is 0 Å². The summed E-state index contributed by atoms with van der Waals surface area (Å²) in [5.41, 5.74) is -0.542. The lowest BCUT2D eigenvalue weighted by atomic mass is 9.57. The zero-order valence-electron chi connectivity index (χ0n) is 16.2. The molecule has 1 spiro atoms. The lowest BCUT2D eigenvalue weighted by Gasteiger charge is -2.60. The Morgan fingerprint density at radius 1 is 1.19 bits per heavy atom. The first-order chi connectivity index (χ1) is 12.4. The van der Waals surface area contributed by atoms with Crippen LogP contribution < -0.4 is 5.32 Å². The standard InChI is InChI=1S/C19H31NO6/c1-11-5-6-14-12(2)15(9-20-16(21)10-22-4)23-17-19(14)13(11)7-8-18(3,24-17)25-26-19/h11-15,17H,5-10H2,1-4H3,(H,20,21)/t11-,12-,13+,14+,15-,17-,18-,19-/m1/s1. The number of hydrogen-bond acceptors (Lipinski definition) is 6. The first kappa shape index (κ1) is 18.6. The van der Waals surface area contributed by atoms with Crippen LogP contribution in [0.3, 0.4) is 0 Å². The summed E-state index contributed by atoms with van der Waals surface area (Å²) in [7, 11) is 1.51. The van der Waals surface area contributed by atoms with E-state index in [1.807, 2.05) is 6.92 Å². The van der Waals surface area contributed by atoms with E-state index in [0.717, 1.165) is 19.3 Å². The Kier molecular flexibility index (Phi) is 4.80. The fourth-order valence-corrected chi connectivity index (χ4v) is 5.61. The van der Waals surface area contributed by atoms with Crippen molar-refractivity contribution in [3.8, 4) is 0 Å². The molecule has 5 rings (SSSR count). The number of fused-ring (bicyclic) bond motifs is 2. The van der Waals surface area contributed by atoms with Gasteiger partial charge in [-0.25, -0.2) is 9.78 Å². The van der Waals surface area contributed by atoms with Crippen LogP contribution in [-0.2, 0) is 28.8 Å². The Labute approximate surface area is 154 Å². The second kappa shape index (κ2) is 6.71. The molecular formula is C19H31NO6. The SMILES string of the molecule is COCC(=O)NC[C@H]1O[C@@H]2O[C@@]3(C)CC[C@H]4[C@H](C)CC[C@@H]([C@H]1C)[C@@]24OO3. The third-order valence-corrected chi connectivity index (χ3v) is 7.07. The molecule has 7 heteroatoms. The van der Waals surface area contributed by atoms with E-state index in [-0.39, 0.29) is 30.5 Å². The van der Waals surface area contributed by atoms with Gasteiger partial charge in [-0.05, 0) is 43.9 Å². The van der Waals surface area contributed by atoms with Gasteiger partial charge in [-0.15, -0.1) is 0 Å². The second-order valence-corrected chi connectivity index (χ2v) is 8.68. The Bertz CT molecular complexity index is 558. The molecule has 0 aromatic rings. The van der Waals surface area contributed by atoms with Crippen LogP contribution in [0, 0.1) is 23.7 Å². The van der Waals surface area contributed by atoms with Crippen LogP contribution in [-0.4, -0.2) is 50.0 Å². The van der Waals surface area contributed by atoms with Gasteiger partial charge >= 0.3 is 0 Å². The highest BCUT2D eigenvalue weighted by Crippen LogP contribution is 2.60.